The molecule has 0 aliphatic rings. The Morgan fingerprint density at radius 2 is 2.15 bits per heavy atom. The van der Waals surface area contributed by atoms with Crippen LogP contribution in [0.5, 0.6) is 0 Å². The van der Waals surface area contributed by atoms with Crippen LogP contribution in [0, 0.1) is 0 Å². The number of hydrogen-bond acceptors (Lipinski definition) is 1. The largest absolute Gasteiger partial charge is 0.310 e. The molecule has 0 aliphatic carbocycles. The molecule has 1 aromatic carbocycles. The van der Waals surface area contributed by atoms with E-state index in [4.69, 9.17) is 11.6 Å². The van der Waals surface area contributed by atoms with Crippen LogP contribution in [0.3, 0.4) is 0 Å². The van der Waals surface area contributed by atoms with Crippen LogP contribution < -0.4 is 5.32 Å². The van der Waals surface area contributed by atoms with E-state index in [-0.39, 0.29) is 0 Å². The fourth-order valence-electron chi connectivity index (χ4n) is 2.28. The van der Waals surface area contributed by atoms with E-state index in [1.165, 1.54) is 24.8 Å². The van der Waals surface area contributed by atoms with Crippen LogP contribution in [-0.2, 0) is 0 Å². The summed E-state index contributed by atoms with van der Waals surface area (Å²) < 4.78 is 1.03. The van der Waals surface area contributed by atoms with Gasteiger partial charge in [-0.15, -0.1) is 6.58 Å². The molecule has 0 spiro atoms. The SMILES string of the molecule is C=CCCCCCC(NCCC)c1ccc(Br)cc1Cl. The maximum atomic E-state index is 6.38. The summed E-state index contributed by atoms with van der Waals surface area (Å²) in [7, 11) is 0. The molecule has 1 rings (SSSR count). The first-order valence-electron chi connectivity index (χ1n) is 7.48. The average Bonchev–Trinajstić information content (AvgIpc) is 2.43. The van der Waals surface area contributed by atoms with Crippen molar-refractivity contribution in [3.8, 4) is 0 Å². The fraction of sp³-hybridized carbons (Fsp3) is 0.529. The molecule has 112 valence electrons. The summed E-state index contributed by atoms with van der Waals surface area (Å²) in [5.74, 6) is 0. The standard InChI is InChI=1S/C17H25BrClN/c1-3-5-6-7-8-9-17(20-12-4-2)15-11-10-14(18)13-16(15)19/h3,10-11,13,17,20H,1,4-9,12H2,2H3. The van der Waals surface area contributed by atoms with Crippen molar-refractivity contribution in [1.29, 1.82) is 0 Å². The summed E-state index contributed by atoms with van der Waals surface area (Å²) in [5.41, 5.74) is 1.21. The quantitative estimate of drug-likeness (QED) is 0.383. The molecule has 1 unspecified atom stereocenters. The average molecular weight is 359 g/mol. The zero-order valence-electron chi connectivity index (χ0n) is 12.3. The number of hydrogen-bond donors (Lipinski definition) is 1. The van der Waals surface area contributed by atoms with Crippen LogP contribution in [0.2, 0.25) is 5.02 Å². The Morgan fingerprint density at radius 3 is 2.80 bits per heavy atom. The first-order valence-corrected chi connectivity index (χ1v) is 8.65. The van der Waals surface area contributed by atoms with E-state index in [0.29, 0.717) is 6.04 Å². The smallest absolute Gasteiger partial charge is 0.0465 e. The second-order valence-corrected chi connectivity index (χ2v) is 6.42. The Labute approximate surface area is 136 Å². The van der Waals surface area contributed by atoms with Crippen molar-refractivity contribution < 1.29 is 0 Å². The molecule has 0 bridgehead atoms. The molecule has 0 radical (unpaired) electrons. The van der Waals surface area contributed by atoms with Crippen molar-refractivity contribution in [1.82, 2.24) is 5.32 Å². The van der Waals surface area contributed by atoms with Crippen molar-refractivity contribution >= 4 is 27.5 Å². The fourth-order valence-corrected chi connectivity index (χ4v) is 3.09. The molecule has 0 aromatic heterocycles. The van der Waals surface area contributed by atoms with Crippen molar-refractivity contribution in [2.24, 2.45) is 0 Å². The molecule has 1 aromatic rings. The highest BCUT2D eigenvalue weighted by atomic mass is 79.9. The molecule has 1 nitrogen and oxygen atoms in total. The normalized spacial score (nSPS) is 12.3. The minimum absolute atomic E-state index is 0.360. The number of rotatable bonds is 10. The Kier molecular flexibility index (Phi) is 9.24. The minimum Gasteiger partial charge on any atom is -0.310 e. The highest BCUT2D eigenvalue weighted by molar-refractivity contribution is 9.10. The summed E-state index contributed by atoms with van der Waals surface area (Å²) >= 11 is 9.85. The Morgan fingerprint density at radius 1 is 1.35 bits per heavy atom. The first kappa shape index (κ1) is 17.7. The molecule has 0 heterocycles. The molecule has 0 saturated carbocycles. The second kappa shape index (κ2) is 10.4. The van der Waals surface area contributed by atoms with E-state index >= 15 is 0 Å². The van der Waals surface area contributed by atoms with Crippen LogP contribution >= 0.6 is 27.5 Å². The number of benzene rings is 1. The van der Waals surface area contributed by atoms with Gasteiger partial charge in [0, 0.05) is 15.5 Å². The zero-order valence-corrected chi connectivity index (χ0v) is 14.6. The van der Waals surface area contributed by atoms with Crippen LogP contribution in [-0.4, -0.2) is 6.54 Å². The lowest BCUT2D eigenvalue weighted by atomic mass is 9.99. The maximum Gasteiger partial charge on any atom is 0.0465 e. The van der Waals surface area contributed by atoms with Gasteiger partial charge in [0.05, 0.1) is 0 Å². The van der Waals surface area contributed by atoms with E-state index in [9.17, 15) is 0 Å². The molecule has 1 atom stereocenters. The van der Waals surface area contributed by atoms with Gasteiger partial charge in [0.2, 0.25) is 0 Å². The van der Waals surface area contributed by atoms with E-state index in [1.807, 2.05) is 12.1 Å². The summed E-state index contributed by atoms with van der Waals surface area (Å²) in [6.07, 6.45) is 9.11. The summed E-state index contributed by atoms with van der Waals surface area (Å²) in [6.45, 7) is 6.99. The molecule has 3 heteroatoms. The molecule has 1 N–H and O–H groups in total. The predicted octanol–water partition coefficient (Wildman–Crippen LogP) is 6.28. The highest BCUT2D eigenvalue weighted by Crippen LogP contribution is 2.29. The highest BCUT2D eigenvalue weighted by Gasteiger charge is 2.13. The molecular weight excluding hydrogens is 334 g/mol. The lowest BCUT2D eigenvalue weighted by molar-refractivity contribution is 0.472. The minimum atomic E-state index is 0.360. The van der Waals surface area contributed by atoms with Crippen molar-refractivity contribution in [2.75, 3.05) is 6.54 Å². The Bertz CT molecular complexity index is 406. The molecule has 0 aliphatic heterocycles. The Balaban J connectivity index is 2.60. The lowest BCUT2D eigenvalue weighted by Crippen LogP contribution is -2.22. The third kappa shape index (κ3) is 6.43. The van der Waals surface area contributed by atoms with Crippen LogP contribution in [0.25, 0.3) is 0 Å². The third-order valence-corrected chi connectivity index (χ3v) is 4.20. The van der Waals surface area contributed by atoms with E-state index in [0.717, 1.165) is 35.3 Å². The van der Waals surface area contributed by atoms with Gasteiger partial charge in [0.1, 0.15) is 0 Å². The summed E-state index contributed by atoms with van der Waals surface area (Å²) in [4.78, 5) is 0. The molecule has 20 heavy (non-hydrogen) atoms. The third-order valence-electron chi connectivity index (χ3n) is 3.38. The number of nitrogens with one attached hydrogen (secondary N) is 1. The lowest BCUT2D eigenvalue weighted by Gasteiger charge is -2.20. The Hall–Kier alpha value is -0.310. The first-order chi connectivity index (χ1) is 9.69. The molecular formula is C17H25BrClN. The number of halogens is 2. The van der Waals surface area contributed by atoms with E-state index in [2.05, 4.69) is 46.9 Å². The van der Waals surface area contributed by atoms with E-state index < -0.39 is 0 Å². The van der Waals surface area contributed by atoms with Gasteiger partial charge in [0.25, 0.3) is 0 Å². The van der Waals surface area contributed by atoms with Gasteiger partial charge >= 0.3 is 0 Å². The van der Waals surface area contributed by atoms with Gasteiger partial charge in [-0.05, 0) is 49.9 Å². The molecule has 0 fully saturated rings. The van der Waals surface area contributed by atoms with Crippen molar-refractivity contribution in [2.45, 2.75) is 51.5 Å². The van der Waals surface area contributed by atoms with Crippen LogP contribution in [0.1, 0.15) is 57.1 Å². The molecule has 0 saturated heterocycles. The van der Waals surface area contributed by atoms with Crippen LogP contribution in [0.15, 0.2) is 35.3 Å². The van der Waals surface area contributed by atoms with Gasteiger partial charge in [-0.1, -0.05) is 59.4 Å². The van der Waals surface area contributed by atoms with Gasteiger partial charge in [-0.25, -0.2) is 0 Å². The number of unbranched alkanes of at least 4 members (excludes halogenated alkanes) is 3. The van der Waals surface area contributed by atoms with Crippen LogP contribution in [0.4, 0.5) is 0 Å². The second-order valence-electron chi connectivity index (χ2n) is 5.10. The zero-order chi connectivity index (χ0) is 14.8. The van der Waals surface area contributed by atoms with Crippen molar-refractivity contribution in [3.63, 3.8) is 0 Å². The number of allylic oxidation sites excluding steroid dienone is 1. The topological polar surface area (TPSA) is 12.0 Å². The maximum absolute atomic E-state index is 6.38. The summed E-state index contributed by atoms with van der Waals surface area (Å²) in [6, 6.07) is 6.54. The van der Waals surface area contributed by atoms with Gasteiger partial charge in [0.15, 0.2) is 0 Å². The molecule has 0 amide bonds. The van der Waals surface area contributed by atoms with Crippen molar-refractivity contribution in [3.05, 3.63) is 45.9 Å². The van der Waals surface area contributed by atoms with E-state index in [1.54, 1.807) is 0 Å². The van der Waals surface area contributed by atoms with Gasteiger partial charge in [-0.3, -0.25) is 0 Å². The van der Waals surface area contributed by atoms with Gasteiger partial charge in [-0.2, -0.15) is 0 Å². The summed E-state index contributed by atoms with van der Waals surface area (Å²) in [5, 5.41) is 4.46. The predicted molar refractivity (Wildman–Crippen MR) is 93.5 cm³/mol. The monoisotopic (exact) mass is 357 g/mol. The van der Waals surface area contributed by atoms with Gasteiger partial charge < -0.3 is 5.32 Å².